The lowest BCUT2D eigenvalue weighted by Crippen LogP contribution is -2.17. The minimum atomic E-state index is -0.448. The zero-order valence-electron chi connectivity index (χ0n) is 22.2. The van der Waals surface area contributed by atoms with E-state index < -0.39 is 11.9 Å². The molecular weight excluding hydrogens is 424 g/mol. The molecule has 0 spiro atoms. The molecule has 0 aromatic heterocycles. The second kappa shape index (κ2) is 20.5. The number of esters is 2. The van der Waals surface area contributed by atoms with Crippen LogP contribution in [0.3, 0.4) is 0 Å². The molecule has 0 N–H and O–H groups in total. The number of carbonyl (C=O) groups is 2. The summed E-state index contributed by atoms with van der Waals surface area (Å²) in [6, 6.07) is 6.78. The Morgan fingerprint density at radius 3 is 1.47 bits per heavy atom. The predicted molar refractivity (Wildman–Crippen MR) is 141 cm³/mol. The largest absolute Gasteiger partial charge is 0.462 e. The molecule has 34 heavy (non-hydrogen) atoms. The lowest BCUT2D eigenvalue weighted by atomic mass is 10.0. The van der Waals surface area contributed by atoms with Crippen molar-refractivity contribution in [3.05, 3.63) is 35.4 Å². The fourth-order valence-electron chi connectivity index (χ4n) is 4.17. The number of rotatable bonds is 21. The summed E-state index contributed by atoms with van der Waals surface area (Å²) < 4.78 is 10.9. The number of hydrogen-bond donors (Lipinski definition) is 0. The highest BCUT2D eigenvalue weighted by Gasteiger charge is 2.19. The Bertz CT molecular complexity index is 651. The molecule has 0 unspecified atom stereocenters. The Morgan fingerprint density at radius 2 is 1.03 bits per heavy atom. The molecule has 0 aliphatic heterocycles. The van der Waals surface area contributed by atoms with E-state index in [2.05, 4.69) is 20.8 Å². The van der Waals surface area contributed by atoms with Gasteiger partial charge in [0.25, 0.3) is 0 Å². The standard InChI is InChI=1S/C30H50O4/c1-4-7-8-9-10-11-12-13-14-15-16-17-18-21-24-33-29(31)27-22-19-20-23-28(27)30(32)34-25-26(5-2)6-3/h19-20,22-23,26H,4-18,21,24-25H2,1-3H3. The van der Waals surface area contributed by atoms with Crippen LogP contribution in [0.2, 0.25) is 0 Å². The highest BCUT2D eigenvalue weighted by Crippen LogP contribution is 2.16. The number of unbranched alkanes of at least 4 members (excludes halogenated alkanes) is 13. The average molecular weight is 475 g/mol. The number of benzene rings is 1. The van der Waals surface area contributed by atoms with E-state index in [0.29, 0.717) is 30.3 Å². The van der Waals surface area contributed by atoms with Gasteiger partial charge >= 0.3 is 11.9 Å². The van der Waals surface area contributed by atoms with Crippen LogP contribution in [0.25, 0.3) is 0 Å². The minimum Gasteiger partial charge on any atom is -0.462 e. The first-order valence-electron chi connectivity index (χ1n) is 14.1. The molecule has 194 valence electrons. The summed E-state index contributed by atoms with van der Waals surface area (Å²) in [5.74, 6) is -0.538. The quantitative estimate of drug-likeness (QED) is 0.132. The van der Waals surface area contributed by atoms with Gasteiger partial charge in [0.05, 0.1) is 24.3 Å². The zero-order chi connectivity index (χ0) is 24.9. The van der Waals surface area contributed by atoms with Crippen LogP contribution in [-0.4, -0.2) is 25.2 Å². The van der Waals surface area contributed by atoms with Crippen LogP contribution in [0.4, 0.5) is 0 Å². The van der Waals surface area contributed by atoms with Gasteiger partial charge in [0, 0.05) is 0 Å². The number of ether oxygens (including phenoxy) is 2. The monoisotopic (exact) mass is 474 g/mol. The molecule has 0 bridgehead atoms. The molecular formula is C30H50O4. The van der Waals surface area contributed by atoms with Crippen molar-refractivity contribution in [1.82, 2.24) is 0 Å². The summed E-state index contributed by atoms with van der Waals surface area (Å²) in [5.41, 5.74) is 0.585. The van der Waals surface area contributed by atoms with Crippen LogP contribution in [0.5, 0.6) is 0 Å². The van der Waals surface area contributed by atoms with Gasteiger partial charge in [-0.15, -0.1) is 0 Å². The van der Waals surface area contributed by atoms with Gasteiger partial charge in [-0.1, -0.05) is 129 Å². The number of hydrogen-bond acceptors (Lipinski definition) is 4. The third-order valence-corrected chi connectivity index (χ3v) is 6.70. The zero-order valence-corrected chi connectivity index (χ0v) is 22.2. The molecule has 4 nitrogen and oxygen atoms in total. The van der Waals surface area contributed by atoms with Crippen molar-refractivity contribution >= 4 is 11.9 Å². The van der Waals surface area contributed by atoms with Crippen LogP contribution >= 0.6 is 0 Å². The van der Waals surface area contributed by atoms with Gasteiger partial charge in [-0.3, -0.25) is 0 Å². The molecule has 1 rings (SSSR count). The predicted octanol–water partition coefficient (Wildman–Crippen LogP) is 8.92. The van der Waals surface area contributed by atoms with Crippen LogP contribution in [0.15, 0.2) is 24.3 Å². The molecule has 0 saturated heterocycles. The van der Waals surface area contributed by atoms with Crippen molar-refractivity contribution in [3.63, 3.8) is 0 Å². The highest BCUT2D eigenvalue weighted by atomic mass is 16.5. The van der Waals surface area contributed by atoms with Crippen molar-refractivity contribution in [2.75, 3.05) is 13.2 Å². The van der Waals surface area contributed by atoms with Gasteiger partial charge in [-0.2, -0.15) is 0 Å². The van der Waals surface area contributed by atoms with E-state index in [1.54, 1.807) is 24.3 Å². The van der Waals surface area contributed by atoms with Crippen LogP contribution < -0.4 is 0 Å². The van der Waals surface area contributed by atoms with Gasteiger partial charge in [0.2, 0.25) is 0 Å². The molecule has 0 heterocycles. The summed E-state index contributed by atoms with van der Waals surface area (Å²) in [6.07, 6.45) is 20.0. The van der Waals surface area contributed by atoms with Gasteiger partial charge in [0.1, 0.15) is 0 Å². The summed E-state index contributed by atoms with van der Waals surface area (Å²) in [7, 11) is 0. The van der Waals surface area contributed by atoms with Gasteiger partial charge in [-0.05, 0) is 24.5 Å². The Labute approximate surface area is 209 Å². The van der Waals surface area contributed by atoms with E-state index in [1.807, 2.05) is 0 Å². The van der Waals surface area contributed by atoms with Crippen molar-refractivity contribution in [1.29, 1.82) is 0 Å². The molecule has 0 fully saturated rings. The lowest BCUT2D eigenvalue weighted by Gasteiger charge is -2.14. The normalized spacial score (nSPS) is 11.1. The molecule has 4 heteroatoms. The maximum atomic E-state index is 12.5. The smallest absolute Gasteiger partial charge is 0.339 e. The number of carbonyl (C=O) groups excluding carboxylic acids is 2. The Kier molecular flexibility index (Phi) is 18.2. The highest BCUT2D eigenvalue weighted by molar-refractivity contribution is 6.03. The molecule has 0 amide bonds. The minimum absolute atomic E-state index is 0.291. The maximum Gasteiger partial charge on any atom is 0.339 e. The van der Waals surface area contributed by atoms with Crippen molar-refractivity contribution in [3.8, 4) is 0 Å². The second-order valence-electron chi connectivity index (χ2n) is 9.56. The van der Waals surface area contributed by atoms with E-state index in [0.717, 1.165) is 25.7 Å². The summed E-state index contributed by atoms with van der Waals surface area (Å²) in [5, 5.41) is 0. The first-order chi connectivity index (χ1) is 16.6. The lowest BCUT2D eigenvalue weighted by molar-refractivity contribution is 0.0408. The SMILES string of the molecule is CCCCCCCCCCCCCCCCOC(=O)c1ccccc1C(=O)OCC(CC)CC. The van der Waals surface area contributed by atoms with Crippen LogP contribution in [0, 0.1) is 5.92 Å². The summed E-state index contributed by atoms with van der Waals surface area (Å²) in [6.45, 7) is 7.22. The van der Waals surface area contributed by atoms with Crippen molar-refractivity contribution in [2.45, 2.75) is 124 Å². The first-order valence-corrected chi connectivity index (χ1v) is 14.1. The van der Waals surface area contributed by atoms with E-state index in [4.69, 9.17) is 9.47 Å². The van der Waals surface area contributed by atoms with E-state index in [1.165, 1.54) is 77.0 Å². The molecule has 0 saturated carbocycles. The van der Waals surface area contributed by atoms with E-state index in [-0.39, 0.29) is 0 Å². The van der Waals surface area contributed by atoms with Crippen LogP contribution in [-0.2, 0) is 9.47 Å². The van der Waals surface area contributed by atoms with Gasteiger partial charge < -0.3 is 9.47 Å². The Balaban J connectivity index is 2.14. The summed E-state index contributed by atoms with van der Waals surface area (Å²) in [4.78, 5) is 25.0. The van der Waals surface area contributed by atoms with Crippen molar-refractivity contribution < 1.29 is 19.1 Å². The molecule has 1 aromatic rings. The maximum absolute atomic E-state index is 12.5. The molecule has 0 aliphatic carbocycles. The third kappa shape index (κ3) is 13.8. The van der Waals surface area contributed by atoms with E-state index in [9.17, 15) is 9.59 Å². The van der Waals surface area contributed by atoms with Gasteiger partial charge in [-0.25, -0.2) is 9.59 Å². The second-order valence-corrected chi connectivity index (χ2v) is 9.56. The Morgan fingerprint density at radius 1 is 0.618 bits per heavy atom. The first kappa shape index (κ1) is 30.2. The fourth-order valence-corrected chi connectivity index (χ4v) is 4.17. The molecule has 0 radical (unpaired) electrons. The Hall–Kier alpha value is -1.84. The average Bonchev–Trinajstić information content (AvgIpc) is 2.86. The van der Waals surface area contributed by atoms with Crippen molar-refractivity contribution in [2.24, 2.45) is 5.92 Å². The molecule has 0 atom stereocenters. The topological polar surface area (TPSA) is 52.6 Å². The van der Waals surface area contributed by atoms with Gasteiger partial charge in [0.15, 0.2) is 0 Å². The van der Waals surface area contributed by atoms with Crippen LogP contribution in [0.1, 0.15) is 144 Å². The van der Waals surface area contributed by atoms with E-state index >= 15 is 0 Å². The fraction of sp³-hybridized carbons (Fsp3) is 0.733. The summed E-state index contributed by atoms with van der Waals surface area (Å²) >= 11 is 0. The molecule has 1 aromatic carbocycles. The molecule has 0 aliphatic rings. The third-order valence-electron chi connectivity index (χ3n) is 6.70.